The first kappa shape index (κ1) is 5.69. The molecule has 2 saturated heterocycles. The second-order valence-corrected chi connectivity index (χ2v) is 3.26. The van der Waals surface area contributed by atoms with Gasteiger partial charge in [0.1, 0.15) is 5.60 Å². The molecule has 0 aromatic heterocycles. The zero-order chi connectivity index (χ0) is 6.48. The molecule has 0 aromatic rings. The van der Waals surface area contributed by atoms with Crippen LogP contribution < -0.4 is 0 Å². The summed E-state index contributed by atoms with van der Waals surface area (Å²) < 4.78 is 5.40. The molecule has 2 heteroatoms. The Labute approximate surface area is 55.8 Å². The molecular weight excluding hydrogens is 114 g/mol. The molecule has 52 valence electrons. The van der Waals surface area contributed by atoms with Crippen LogP contribution in [0.15, 0.2) is 0 Å². The third kappa shape index (κ3) is 0.634. The molecule has 2 nitrogen and oxygen atoms in total. The number of nitrogens with zero attached hydrogens (tertiary/aromatic N) is 1. The number of ether oxygens (including phenoxy) is 1. The minimum atomic E-state index is 0.300. The number of likely N-dealkylation sites (tertiary alicyclic amines) is 1. The lowest BCUT2D eigenvalue weighted by atomic mass is 10.0. The van der Waals surface area contributed by atoms with Gasteiger partial charge in [-0.15, -0.1) is 0 Å². The van der Waals surface area contributed by atoms with Crippen molar-refractivity contribution in [3.63, 3.8) is 0 Å². The van der Waals surface area contributed by atoms with Gasteiger partial charge in [0.05, 0.1) is 6.61 Å². The van der Waals surface area contributed by atoms with Crippen molar-refractivity contribution in [3.8, 4) is 0 Å². The first-order valence-corrected chi connectivity index (χ1v) is 3.59. The fourth-order valence-corrected chi connectivity index (χ4v) is 1.65. The lowest BCUT2D eigenvalue weighted by Gasteiger charge is -2.16. The van der Waals surface area contributed by atoms with E-state index in [0.717, 1.165) is 6.61 Å². The van der Waals surface area contributed by atoms with Gasteiger partial charge in [0.2, 0.25) is 0 Å². The van der Waals surface area contributed by atoms with Crippen LogP contribution in [-0.2, 0) is 4.74 Å². The van der Waals surface area contributed by atoms with Crippen molar-refractivity contribution >= 4 is 0 Å². The molecule has 1 spiro atoms. The molecule has 0 amide bonds. The molecule has 0 N–H and O–H groups in total. The second kappa shape index (κ2) is 1.50. The van der Waals surface area contributed by atoms with Gasteiger partial charge in [-0.05, 0) is 20.4 Å². The summed E-state index contributed by atoms with van der Waals surface area (Å²) in [4.78, 5) is 2.37. The Bertz CT molecular complexity index is 131. The number of hydrogen-bond acceptors (Lipinski definition) is 2. The molecule has 2 atom stereocenters. The highest BCUT2D eigenvalue weighted by Gasteiger charge is 2.54. The van der Waals surface area contributed by atoms with E-state index in [2.05, 4.69) is 18.9 Å². The van der Waals surface area contributed by atoms with Crippen molar-refractivity contribution in [2.75, 3.05) is 20.2 Å². The van der Waals surface area contributed by atoms with Crippen molar-refractivity contribution in [2.45, 2.75) is 25.0 Å². The first-order valence-electron chi connectivity index (χ1n) is 3.59. The second-order valence-electron chi connectivity index (χ2n) is 3.26. The Morgan fingerprint density at radius 3 is 2.56 bits per heavy atom. The third-order valence-corrected chi connectivity index (χ3v) is 2.83. The molecular formula is C7H13NO. The van der Waals surface area contributed by atoms with Gasteiger partial charge in [0.25, 0.3) is 0 Å². The highest BCUT2D eigenvalue weighted by molar-refractivity contribution is 5.05. The van der Waals surface area contributed by atoms with E-state index in [1.165, 1.54) is 13.0 Å². The lowest BCUT2D eigenvalue weighted by Crippen LogP contribution is -2.30. The Morgan fingerprint density at radius 2 is 2.33 bits per heavy atom. The maximum Gasteiger partial charge on any atom is 0.108 e. The molecule has 0 aromatic carbocycles. The Kier molecular flexibility index (Phi) is 0.945. The van der Waals surface area contributed by atoms with E-state index in [9.17, 15) is 0 Å². The van der Waals surface area contributed by atoms with Gasteiger partial charge in [-0.3, -0.25) is 0 Å². The topological polar surface area (TPSA) is 15.8 Å². The van der Waals surface area contributed by atoms with Gasteiger partial charge in [0.15, 0.2) is 0 Å². The van der Waals surface area contributed by atoms with Gasteiger partial charge in [-0.1, -0.05) is 0 Å². The molecule has 0 radical (unpaired) electrons. The smallest absolute Gasteiger partial charge is 0.108 e. The van der Waals surface area contributed by atoms with Crippen LogP contribution in [0, 0.1) is 0 Å². The summed E-state index contributed by atoms with van der Waals surface area (Å²) >= 11 is 0. The van der Waals surface area contributed by atoms with Crippen molar-refractivity contribution in [3.05, 3.63) is 0 Å². The normalized spacial score (nSPS) is 50.7. The van der Waals surface area contributed by atoms with E-state index < -0.39 is 0 Å². The predicted octanol–water partition coefficient (Wildman–Crippen LogP) is 0.479. The Balaban J connectivity index is 2.13. The molecule has 0 bridgehead atoms. The van der Waals surface area contributed by atoms with Gasteiger partial charge in [-0.2, -0.15) is 0 Å². The monoisotopic (exact) mass is 127 g/mol. The maximum atomic E-state index is 5.40. The van der Waals surface area contributed by atoms with Gasteiger partial charge in [0, 0.05) is 12.6 Å². The van der Waals surface area contributed by atoms with E-state index in [0.29, 0.717) is 11.6 Å². The van der Waals surface area contributed by atoms with Crippen LogP contribution in [0.4, 0.5) is 0 Å². The van der Waals surface area contributed by atoms with Crippen LogP contribution in [0.5, 0.6) is 0 Å². The Hall–Kier alpha value is -0.0800. The van der Waals surface area contributed by atoms with Crippen LogP contribution in [0.1, 0.15) is 13.3 Å². The van der Waals surface area contributed by atoms with Crippen molar-refractivity contribution in [1.29, 1.82) is 0 Å². The third-order valence-electron chi connectivity index (χ3n) is 2.83. The minimum absolute atomic E-state index is 0.300. The molecule has 2 aliphatic rings. The molecule has 2 fully saturated rings. The number of epoxide rings is 1. The van der Waals surface area contributed by atoms with Crippen molar-refractivity contribution < 1.29 is 4.74 Å². The molecule has 2 rings (SSSR count). The highest BCUT2D eigenvalue weighted by Crippen LogP contribution is 2.41. The SMILES string of the molecule is CC1N(C)CCC12CO2. The average molecular weight is 127 g/mol. The van der Waals surface area contributed by atoms with Crippen LogP contribution >= 0.6 is 0 Å². The first-order chi connectivity index (χ1) is 4.25. The van der Waals surface area contributed by atoms with E-state index in [4.69, 9.17) is 4.74 Å². The summed E-state index contributed by atoms with van der Waals surface area (Å²) in [5.74, 6) is 0. The molecule has 9 heavy (non-hydrogen) atoms. The van der Waals surface area contributed by atoms with Crippen molar-refractivity contribution in [2.24, 2.45) is 0 Å². The standard InChI is InChI=1S/C7H13NO/c1-6-7(5-9-7)3-4-8(6)2/h6H,3-5H2,1-2H3. The summed E-state index contributed by atoms with van der Waals surface area (Å²) in [6.45, 7) is 4.46. The fraction of sp³-hybridized carbons (Fsp3) is 1.00. The van der Waals surface area contributed by atoms with E-state index in [1.807, 2.05) is 0 Å². The summed E-state index contributed by atoms with van der Waals surface area (Å²) in [7, 11) is 2.17. The van der Waals surface area contributed by atoms with Crippen LogP contribution in [0.3, 0.4) is 0 Å². The highest BCUT2D eigenvalue weighted by atomic mass is 16.6. The van der Waals surface area contributed by atoms with E-state index in [1.54, 1.807) is 0 Å². The predicted molar refractivity (Wildman–Crippen MR) is 35.4 cm³/mol. The van der Waals surface area contributed by atoms with Crippen molar-refractivity contribution in [1.82, 2.24) is 4.90 Å². The van der Waals surface area contributed by atoms with Gasteiger partial charge >= 0.3 is 0 Å². The van der Waals surface area contributed by atoms with Gasteiger partial charge < -0.3 is 9.64 Å². The van der Waals surface area contributed by atoms with Crippen LogP contribution in [0.25, 0.3) is 0 Å². The van der Waals surface area contributed by atoms with Crippen LogP contribution in [0.2, 0.25) is 0 Å². The number of likely N-dealkylation sites (N-methyl/N-ethyl adjacent to an activating group) is 1. The number of rotatable bonds is 0. The quantitative estimate of drug-likeness (QED) is 0.440. The largest absolute Gasteiger partial charge is 0.368 e. The molecule has 0 aliphatic carbocycles. The minimum Gasteiger partial charge on any atom is -0.368 e. The van der Waals surface area contributed by atoms with E-state index >= 15 is 0 Å². The summed E-state index contributed by atoms with van der Waals surface area (Å²) in [6.07, 6.45) is 1.24. The zero-order valence-corrected chi connectivity index (χ0v) is 6.05. The van der Waals surface area contributed by atoms with Crippen LogP contribution in [-0.4, -0.2) is 36.7 Å². The molecule has 0 saturated carbocycles. The molecule has 2 unspecified atom stereocenters. The average Bonchev–Trinajstić information content (AvgIpc) is 2.57. The Morgan fingerprint density at radius 1 is 1.67 bits per heavy atom. The maximum absolute atomic E-state index is 5.40. The van der Waals surface area contributed by atoms with E-state index in [-0.39, 0.29) is 0 Å². The zero-order valence-electron chi connectivity index (χ0n) is 6.05. The molecule has 2 aliphatic heterocycles. The fourth-order valence-electron chi connectivity index (χ4n) is 1.65. The summed E-state index contributed by atoms with van der Waals surface area (Å²) in [5.41, 5.74) is 0.300. The summed E-state index contributed by atoms with van der Waals surface area (Å²) in [5, 5.41) is 0. The van der Waals surface area contributed by atoms with Gasteiger partial charge in [-0.25, -0.2) is 0 Å². The molecule has 2 heterocycles. The number of hydrogen-bond donors (Lipinski definition) is 0. The lowest BCUT2D eigenvalue weighted by molar-refractivity contribution is 0.229. The summed E-state index contributed by atoms with van der Waals surface area (Å²) in [6, 6.07) is 0.650.